The van der Waals surface area contributed by atoms with E-state index in [4.69, 9.17) is 0 Å². The normalized spacial score (nSPS) is 31.8. The van der Waals surface area contributed by atoms with E-state index in [2.05, 4.69) is 21.6 Å². The van der Waals surface area contributed by atoms with Crippen molar-refractivity contribution in [2.45, 2.75) is 18.9 Å². The van der Waals surface area contributed by atoms with Crippen LogP contribution in [0.4, 0.5) is 0 Å². The molecule has 0 spiro atoms. The van der Waals surface area contributed by atoms with E-state index in [-0.39, 0.29) is 0 Å². The average Bonchev–Trinajstić information content (AvgIpc) is 2.75. The first kappa shape index (κ1) is 7.33. The van der Waals surface area contributed by atoms with E-state index in [1.54, 1.807) is 0 Å². The molecule has 1 aromatic heterocycles. The summed E-state index contributed by atoms with van der Waals surface area (Å²) in [6, 6.07) is 0.708. The third kappa shape index (κ3) is 1.20. The molecule has 2 aliphatic rings. The molecule has 2 heterocycles. The van der Waals surface area contributed by atoms with Gasteiger partial charge in [-0.25, -0.2) is 0 Å². The quantitative estimate of drug-likeness (QED) is 0.672. The summed E-state index contributed by atoms with van der Waals surface area (Å²) in [6.07, 6.45) is 8.78. The highest BCUT2D eigenvalue weighted by Gasteiger charge is 2.28. The number of hydrogen-bond donors (Lipinski definition) is 2. The second kappa shape index (κ2) is 2.70. The molecule has 1 fully saturated rings. The molecule has 3 heteroatoms. The fraction of sp³-hybridized carbons (Fsp3) is 0.500. The van der Waals surface area contributed by atoms with Gasteiger partial charge in [0.1, 0.15) is 0 Å². The minimum absolute atomic E-state index is 0.708. The number of aromatic amines is 1. The minimum atomic E-state index is 0.708. The molecule has 2 atom stereocenters. The lowest BCUT2D eigenvalue weighted by atomic mass is 9.89. The van der Waals surface area contributed by atoms with Gasteiger partial charge in [0.15, 0.2) is 0 Å². The standard InChI is InChI=1S/C10H13N3/c1-7-2-10(11-4-7)3-8(1)9-5-12-13-6-9/h1,5-7,10-11H,2-4H2,(H,12,13). The van der Waals surface area contributed by atoms with Crippen LogP contribution in [0.25, 0.3) is 5.57 Å². The Kier molecular flexibility index (Phi) is 1.52. The summed E-state index contributed by atoms with van der Waals surface area (Å²) in [5.41, 5.74) is 2.72. The molecule has 0 saturated carbocycles. The van der Waals surface area contributed by atoms with Crippen molar-refractivity contribution < 1.29 is 0 Å². The van der Waals surface area contributed by atoms with Gasteiger partial charge in [-0.15, -0.1) is 0 Å². The van der Waals surface area contributed by atoms with E-state index in [0.29, 0.717) is 6.04 Å². The van der Waals surface area contributed by atoms with Crippen molar-refractivity contribution in [3.05, 3.63) is 24.0 Å². The molecule has 1 aromatic rings. The Morgan fingerprint density at radius 2 is 2.46 bits per heavy atom. The number of hydrogen-bond acceptors (Lipinski definition) is 2. The first-order valence-corrected chi connectivity index (χ1v) is 4.85. The summed E-state index contributed by atoms with van der Waals surface area (Å²) in [6.45, 7) is 1.16. The maximum absolute atomic E-state index is 3.98. The molecule has 3 rings (SSSR count). The van der Waals surface area contributed by atoms with Crippen LogP contribution in [0.5, 0.6) is 0 Å². The summed E-state index contributed by atoms with van der Waals surface area (Å²) in [5, 5.41) is 10.4. The first-order chi connectivity index (χ1) is 6.42. The van der Waals surface area contributed by atoms with Gasteiger partial charge in [-0.1, -0.05) is 6.08 Å². The molecule has 2 unspecified atom stereocenters. The van der Waals surface area contributed by atoms with Gasteiger partial charge >= 0.3 is 0 Å². The van der Waals surface area contributed by atoms with Crippen LogP contribution in [0, 0.1) is 5.92 Å². The zero-order valence-electron chi connectivity index (χ0n) is 7.46. The van der Waals surface area contributed by atoms with Crippen LogP contribution < -0.4 is 5.32 Å². The third-order valence-corrected chi connectivity index (χ3v) is 3.03. The van der Waals surface area contributed by atoms with Crippen molar-refractivity contribution in [1.82, 2.24) is 15.5 Å². The van der Waals surface area contributed by atoms with E-state index in [1.165, 1.54) is 17.6 Å². The van der Waals surface area contributed by atoms with Gasteiger partial charge in [0.25, 0.3) is 0 Å². The number of aromatic nitrogens is 2. The molecule has 3 nitrogen and oxygen atoms in total. The molecule has 0 amide bonds. The summed E-state index contributed by atoms with van der Waals surface area (Å²) < 4.78 is 0. The van der Waals surface area contributed by atoms with E-state index in [9.17, 15) is 0 Å². The smallest absolute Gasteiger partial charge is 0.0562 e. The number of nitrogens with zero attached hydrogens (tertiary/aromatic N) is 1. The predicted octanol–water partition coefficient (Wildman–Crippen LogP) is 1.17. The highest BCUT2D eigenvalue weighted by Crippen LogP contribution is 2.32. The van der Waals surface area contributed by atoms with Gasteiger partial charge < -0.3 is 5.32 Å². The van der Waals surface area contributed by atoms with E-state index in [0.717, 1.165) is 18.9 Å². The summed E-state index contributed by atoms with van der Waals surface area (Å²) in [4.78, 5) is 0. The number of nitrogens with one attached hydrogen (secondary N) is 2. The van der Waals surface area contributed by atoms with Gasteiger partial charge in [-0.3, -0.25) is 5.10 Å². The SMILES string of the molecule is C1=C(c2cn[nH]c2)CC2CC1CN2. The number of rotatable bonds is 1. The Labute approximate surface area is 77.2 Å². The molecule has 1 aliphatic carbocycles. The van der Waals surface area contributed by atoms with Crippen molar-refractivity contribution in [3.8, 4) is 0 Å². The fourth-order valence-electron chi connectivity index (χ4n) is 2.39. The van der Waals surface area contributed by atoms with Crippen LogP contribution in [-0.2, 0) is 0 Å². The second-order valence-electron chi connectivity index (χ2n) is 3.98. The largest absolute Gasteiger partial charge is 0.313 e. The van der Waals surface area contributed by atoms with Crippen LogP contribution in [0.15, 0.2) is 18.5 Å². The Hall–Kier alpha value is -1.09. The lowest BCUT2D eigenvalue weighted by Crippen LogP contribution is -2.20. The Balaban J connectivity index is 1.93. The van der Waals surface area contributed by atoms with Crippen molar-refractivity contribution in [2.24, 2.45) is 5.92 Å². The number of H-pyrrole nitrogens is 1. The third-order valence-electron chi connectivity index (χ3n) is 3.03. The molecule has 0 radical (unpaired) electrons. The van der Waals surface area contributed by atoms with Crippen LogP contribution in [-0.4, -0.2) is 22.8 Å². The topological polar surface area (TPSA) is 40.7 Å². The van der Waals surface area contributed by atoms with Crippen LogP contribution >= 0.6 is 0 Å². The second-order valence-corrected chi connectivity index (χ2v) is 3.98. The summed E-state index contributed by atoms with van der Waals surface area (Å²) in [7, 11) is 0. The van der Waals surface area contributed by atoms with E-state index >= 15 is 0 Å². The van der Waals surface area contributed by atoms with Crippen LogP contribution in [0.2, 0.25) is 0 Å². The maximum atomic E-state index is 3.98. The lowest BCUT2D eigenvalue weighted by molar-refractivity contribution is 0.596. The predicted molar refractivity (Wildman–Crippen MR) is 51.1 cm³/mol. The number of fused-ring (bicyclic) bond motifs is 2. The molecule has 0 aromatic carbocycles. The van der Waals surface area contributed by atoms with E-state index < -0.39 is 0 Å². The lowest BCUT2D eigenvalue weighted by Gasteiger charge is -2.17. The zero-order chi connectivity index (χ0) is 8.67. The van der Waals surface area contributed by atoms with Gasteiger partial charge in [0.2, 0.25) is 0 Å². The van der Waals surface area contributed by atoms with E-state index in [1.807, 2.05) is 12.4 Å². The molecule has 2 bridgehead atoms. The van der Waals surface area contributed by atoms with Gasteiger partial charge in [0, 0.05) is 24.3 Å². The average molecular weight is 175 g/mol. The van der Waals surface area contributed by atoms with Gasteiger partial charge in [-0.05, 0) is 24.3 Å². The van der Waals surface area contributed by atoms with Gasteiger partial charge in [-0.2, -0.15) is 5.10 Å². The highest BCUT2D eigenvalue weighted by atomic mass is 15.1. The molecule has 68 valence electrons. The van der Waals surface area contributed by atoms with Crippen molar-refractivity contribution >= 4 is 5.57 Å². The maximum Gasteiger partial charge on any atom is 0.0562 e. The summed E-state index contributed by atoms with van der Waals surface area (Å²) >= 11 is 0. The summed E-state index contributed by atoms with van der Waals surface area (Å²) in [5.74, 6) is 0.753. The molecule has 13 heavy (non-hydrogen) atoms. The van der Waals surface area contributed by atoms with Gasteiger partial charge in [0.05, 0.1) is 6.20 Å². The van der Waals surface area contributed by atoms with Crippen LogP contribution in [0.1, 0.15) is 18.4 Å². The molecule has 1 aliphatic heterocycles. The Morgan fingerprint density at radius 1 is 1.46 bits per heavy atom. The molecular weight excluding hydrogens is 162 g/mol. The fourth-order valence-corrected chi connectivity index (χ4v) is 2.39. The van der Waals surface area contributed by atoms with Crippen LogP contribution in [0.3, 0.4) is 0 Å². The Bertz CT molecular complexity index is 326. The minimum Gasteiger partial charge on any atom is -0.313 e. The Morgan fingerprint density at radius 3 is 3.23 bits per heavy atom. The van der Waals surface area contributed by atoms with Crippen molar-refractivity contribution in [2.75, 3.05) is 6.54 Å². The zero-order valence-corrected chi connectivity index (χ0v) is 7.46. The van der Waals surface area contributed by atoms with Crippen molar-refractivity contribution in [3.63, 3.8) is 0 Å². The van der Waals surface area contributed by atoms with Crippen molar-refractivity contribution in [1.29, 1.82) is 0 Å². The monoisotopic (exact) mass is 175 g/mol. The first-order valence-electron chi connectivity index (χ1n) is 4.85. The highest BCUT2D eigenvalue weighted by molar-refractivity contribution is 5.66. The molecule has 2 N–H and O–H groups in total. The molecular formula is C10H13N3. The molecule has 1 saturated heterocycles.